The van der Waals surface area contributed by atoms with Crippen molar-refractivity contribution in [3.63, 3.8) is 0 Å². The summed E-state index contributed by atoms with van der Waals surface area (Å²) in [5.74, 6) is -3.32. The number of likely N-dealkylation sites (tertiary alicyclic amines) is 1. The molecule has 1 aliphatic heterocycles. The lowest BCUT2D eigenvalue weighted by molar-refractivity contribution is -0.205. The molecule has 1 aromatic carbocycles. The second-order valence-electron chi connectivity index (χ2n) is 6.75. The molecule has 11 heteroatoms. The van der Waals surface area contributed by atoms with Gasteiger partial charge in [0.2, 0.25) is 17.0 Å². The fourth-order valence-electron chi connectivity index (χ4n) is 3.34. The Morgan fingerprint density at radius 2 is 1.97 bits per heavy atom. The molecule has 1 aliphatic rings. The average molecular weight is 465 g/mol. The van der Waals surface area contributed by atoms with Crippen LogP contribution in [0.2, 0.25) is 0 Å². The number of rotatable bonds is 8. The molecule has 2 aromatic rings. The number of carboxylic acid groups (broad SMARTS) is 1. The molecule has 1 saturated heterocycles. The summed E-state index contributed by atoms with van der Waals surface area (Å²) in [7, 11) is 0. The number of carboxylic acids is 1. The molecule has 3 atom stereocenters. The first kappa shape index (κ1) is 22.6. The molecular formula is C20H20N2O7S2. The molecule has 0 aliphatic carbocycles. The summed E-state index contributed by atoms with van der Waals surface area (Å²) in [5, 5.41) is 23.8. The predicted octanol–water partition coefficient (Wildman–Crippen LogP) is 1.73. The van der Waals surface area contributed by atoms with Crippen molar-refractivity contribution in [3.05, 3.63) is 52.2 Å². The number of hydrogen-bond acceptors (Lipinski definition) is 8. The zero-order valence-electron chi connectivity index (χ0n) is 16.6. The van der Waals surface area contributed by atoms with Crippen LogP contribution in [0.5, 0.6) is 5.75 Å². The first-order valence-corrected chi connectivity index (χ1v) is 11.2. The number of aliphatic carboxylic acids is 1. The second-order valence-corrected chi connectivity index (χ2v) is 8.84. The number of nitrogens with one attached hydrogen (secondary N) is 1. The Balaban J connectivity index is 1.93. The van der Waals surface area contributed by atoms with Crippen LogP contribution in [-0.4, -0.2) is 56.2 Å². The van der Waals surface area contributed by atoms with Crippen molar-refractivity contribution in [1.29, 1.82) is 0 Å². The standard InChI is InChI=1S/C20H20N2O7S2/c1-11(23)29-19-20(30-2,21-15(25)10-14-4-3-9-31-14)18(28)22(19)16(17(26)27)12-5-7-13(24)8-6-12/h3-9,16,19,24H,10H2,1-2H3,(H,21,25)(H,26,27)/t16?,19-,20-/m0/s1. The summed E-state index contributed by atoms with van der Waals surface area (Å²) in [5.41, 5.74) is 0.204. The van der Waals surface area contributed by atoms with Crippen molar-refractivity contribution in [2.24, 2.45) is 0 Å². The molecule has 1 aromatic heterocycles. The fourth-order valence-corrected chi connectivity index (χ4v) is 4.90. The van der Waals surface area contributed by atoms with Crippen molar-refractivity contribution >= 4 is 46.9 Å². The Morgan fingerprint density at radius 3 is 2.48 bits per heavy atom. The van der Waals surface area contributed by atoms with Gasteiger partial charge in [-0.1, -0.05) is 18.2 Å². The molecule has 0 saturated carbocycles. The lowest BCUT2D eigenvalue weighted by Crippen LogP contribution is -2.80. The summed E-state index contributed by atoms with van der Waals surface area (Å²) in [6.07, 6.45) is 0.253. The number of nitrogens with zero attached hydrogens (tertiary/aromatic N) is 1. The van der Waals surface area contributed by atoms with Gasteiger partial charge in [0, 0.05) is 11.8 Å². The van der Waals surface area contributed by atoms with Gasteiger partial charge in [-0.25, -0.2) is 4.79 Å². The van der Waals surface area contributed by atoms with Crippen LogP contribution in [-0.2, 0) is 30.3 Å². The highest BCUT2D eigenvalue weighted by atomic mass is 32.2. The normalized spacial score (nSPS) is 21.2. The summed E-state index contributed by atoms with van der Waals surface area (Å²) in [4.78, 5) is 49.7. The topological polar surface area (TPSA) is 133 Å². The van der Waals surface area contributed by atoms with Gasteiger partial charge in [-0.2, -0.15) is 0 Å². The van der Waals surface area contributed by atoms with Crippen LogP contribution >= 0.6 is 23.1 Å². The molecule has 31 heavy (non-hydrogen) atoms. The molecule has 164 valence electrons. The van der Waals surface area contributed by atoms with E-state index in [1.54, 1.807) is 18.4 Å². The van der Waals surface area contributed by atoms with Gasteiger partial charge in [-0.05, 0) is 35.4 Å². The Kier molecular flexibility index (Phi) is 6.56. The van der Waals surface area contributed by atoms with Gasteiger partial charge >= 0.3 is 11.9 Å². The third kappa shape index (κ3) is 4.37. The summed E-state index contributed by atoms with van der Waals surface area (Å²) in [6, 6.07) is 7.40. The van der Waals surface area contributed by atoms with E-state index in [0.29, 0.717) is 0 Å². The smallest absolute Gasteiger partial charge is 0.331 e. The number of phenols is 1. The first-order chi connectivity index (χ1) is 14.7. The van der Waals surface area contributed by atoms with Gasteiger partial charge < -0.3 is 20.3 Å². The van der Waals surface area contributed by atoms with Crippen molar-refractivity contribution in [2.75, 3.05) is 6.26 Å². The number of thioether (sulfide) groups is 1. The molecule has 9 nitrogen and oxygen atoms in total. The number of benzene rings is 1. The zero-order chi connectivity index (χ0) is 22.8. The predicted molar refractivity (Wildman–Crippen MR) is 113 cm³/mol. The molecule has 0 spiro atoms. The van der Waals surface area contributed by atoms with Crippen LogP contribution in [0.25, 0.3) is 0 Å². The van der Waals surface area contributed by atoms with E-state index in [0.717, 1.165) is 28.5 Å². The highest BCUT2D eigenvalue weighted by molar-refractivity contribution is 8.00. The Hall–Kier alpha value is -3.05. The van der Waals surface area contributed by atoms with Crippen molar-refractivity contribution in [1.82, 2.24) is 10.2 Å². The van der Waals surface area contributed by atoms with E-state index in [2.05, 4.69) is 5.32 Å². The van der Waals surface area contributed by atoms with E-state index in [4.69, 9.17) is 4.74 Å². The largest absolute Gasteiger partial charge is 0.508 e. The van der Waals surface area contributed by atoms with Gasteiger partial charge in [-0.3, -0.25) is 19.3 Å². The monoisotopic (exact) mass is 464 g/mol. The third-order valence-corrected chi connectivity index (χ3v) is 6.71. The number of hydrogen-bond donors (Lipinski definition) is 3. The van der Waals surface area contributed by atoms with Crippen LogP contribution < -0.4 is 5.32 Å². The summed E-state index contributed by atoms with van der Waals surface area (Å²) in [6.45, 7) is 1.13. The Morgan fingerprint density at radius 1 is 1.29 bits per heavy atom. The fraction of sp³-hybridized carbons (Fsp3) is 0.300. The lowest BCUT2D eigenvalue weighted by Gasteiger charge is -2.55. The minimum Gasteiger partial charge on any atom is -0.508 e. The number of esters is 1. The Bertz CT molecular complexity index is 993. The number of β-lactam (4-membered cyclic amide) rings is 1. The van der Waals surface area contributed by atoms with E-state index >= 15 is 0 Å². The lowest BCUT2D eigenvalue weighted by atomic mass is 9.95. The van der Waals surface area contributed by atoms with Crippen molar-refractivity contribution in [2.45, 2.75) is 30.5 Å². The third-order valence-electron chi connectivity index (χ3n) is 4.71. The number of aromatic hydroxyl groups is 1. The minimum atomic E-state index is -1.65. The van der Waals surface area contributed by atoms with Crippen LogP contribution in [0.4, 0.5) is 0 Å². The number of carbonyl (C=O) groups is 4. The zero-order valence-corrected chi connectivity index (χ0v) is 18.2. The molecule has 2 heterocycles. The number of phenolic OH excluding ortho intramolecular Hbond substituents is 1. The minimum absolute atomic E-state index is 0.0281. The molecule has 1 unspecified atom stereocenters. The van der Waals surface area contributed by atoms with Crippen LogP contribution in [0.1, 0.15) is 23.4 Å². The van der Waals surface area contributed by atoms with E-state index in [9.17, 15) is 29.4 Å². The summed E-state index contributed by atoms with van der Waals surface area (Å²) < 4.78 is 5.31. The number of amides is 2. The maximum Gasteiger partial charge on any atom is 0.331 e. The first-order valence-electron chi connectivity index (χ1n) is 9.10. The quantitative estimate of drug-likeness (QED) is 0.306. The maximum atomic E-state index is 13.2. The molecule has 0 bridgehead atoms. The number of carbonyl (C=O) groups excluding carboxylic acids is 3. The highest BCUT2D eigenvalue weighted by Crippen LogP contribution is 2.45. The van der Waals surface area contributed by atoms with Gasteiger partial charge in [0.05, 0.1) is 6.42 Å². The van der Waals surface area contributed by atoms with E-state index in [-0.39, 0.29) is 17.7 Å². The van der Waals surface area contributed by atoms with Gasteiger partial charge in [0.15, 0.2) is 6.04 Å². The van der Waals surface area contributed by atoms with Gasteiger partial charge in [-0.15, -0.1) is 23.1 Å². The van der Waals surface area contributed by atoms with E-state index in [1.807, 2.05) is 5.38 Å². The molecule has 2 amide bonds. The molecule has 1 fully saturated rings. The SMILES string of the molecule is CS[C@@]1(NC(=O)Cc2cccs2)C(=O)N(C(C(=O)O)c2ccc(O)cc2)[C@H]1OC(C)=O. The summed E-state index contributed by atoms with van der Waals surface area (Å²) >= 11 is 2.34. The average Bonchev–Trinajstić information content (AvgIpc) is 3.22. The molecule has 3 N–H and O–H groups in total. The van der Waals surface area contributed by atoms with E-state index < -0.39 is 40.9 Å². The highest BCUT2D eigenvalue weighted by Gasteiger charge is 2.67. The van der Waals surface area contributed by atoms with Crippen LogP contribution in [0.15, 0.2) is 41.8 Å². The van der Waals surface area contributed by atoms with Crippen LogP contribution in [0, 0.1) is 0 Å². The number of thiophene rings is 1. The maximum absolute atomic E-state index is 13.2. The Labute approximate surface area is 186 Å². The van der Waals surface area contributed by atoms with Crippen LogP contribution in [0.3, 0.4) is 0 Å². The van der Waals surface area contributed by atoms with Crippen molar-refractivity contribution in [3.8, 4) is 5.75 Å². The van der Waals surface area contributed by atoms with Crippen molar-refractivity contribution < 1.29 is 34.1 Å². The molecular weight excluding hydrogens is 444 g/mol. The number of ether oxygens (including phenoxy) is 1. The van der Waals surface area contributed by atoms with E-state index in [1.165, 1.54) is 35.6 Å². The second kappa shape index (κ2) is 8.98. The van der Waals surface area contributed by atoms with Gasteiger partial charge in [0.1, 0.15) is 5.75 Å². The molecule has 3 rings (SSSR count). The molecule has 0 radical (unpaired) electrons. The van der Waals surface area contributed by atoms with Gasteiger partial charge in [0.25, 0.3) is 5.91 Å².